The molecule has 1 amide bonds. The summed E-state index contributed by atoms with van der Waals surface area (Å²) in [5.41, 5.74) is 3.87. The number of Topliss-reactive ketones (excluding diaryl/α,β-unsaturated/α-hetero) is 1. The number of halogens is 1. The number of anilines is 3. The minimum absolute atomic E-state index is 0.0146. The monoisotopic (exact) mass is 472 g/mol. The van der Waals surface area contributed by atoms with E-state index < -0.39 is 17.5 Å². The Kier molecular flexibility index (Phi) is 6.38. The maximum atomic E-state index is 14.7. The number of carbonyl (C=O) groups excluding carboxylic acids is 2. The molecule has 0 saturated carbocycles. The SMILES string of the molecule is Cc1cc(C)n(-c2ccc(NC(=O)CCC(=O)C(C#N)=C3N(C)c4ccccc4N3C)cc2F)n1. The molecule has 0 aliphatic carbocycles. The molecule has 1 aliphatic rings. The predicted octanol–water partition coefficient (Wildman–Crippen LogP) is 4.24. The minimum atomic E-state index is -0.534. The van der Waals surface area contributed by atoms with Gasteiger partial charge in [0, 0.05) is 38.3 Å². The van der Waals surface area contributed by atoms with E-state index in [4.69, 9.17) is 0 Å². The molecule has 178 valence electrons. The highest BCUT2D eigenvalue weighted by atomic mass is 19.1. The van der Waals surface area contributed by atoms with Crippen molar-refractivity contribution in [1.82, 2.24) is 9.78 Å². The summed E-state index contributed by atoms with van der Waals surface area (Å²) < 4.78 is 16.2. The van der Waals surface area contributed by atoms with Crippen LogP contribution in [0.3, 0.4) is 0 Å². The van der Waals surface area contributed by atoms with Crippen molar-refractivity contribution in [2.75, 3.05) is 29.2 Å². The predicted molar refractivity (Wildman–Crippen MR) is 132 cm³/mol. The first-order valence-electron chi connectivity index (χ1n) is 11.1. The van der Waals surface area contributed by atoms with Gasteiger partial charge in [-0.15, -0.1) is 0 Å². The molecule has 0 radical (unpaired) electrons. The summed E-state index contributed by atoms with van der Waals surface area (Å²) >= 11 is 0. The highest BCUT2D eigenvalue weighted by molar-refractivity contribution is 6.04. The van der Waals surface area contributed by atoms with Crippen LogP contribution >= 0.6 is 0 Å². The first-order valence-corrected chi connectivity index (χ1v) is 11.1. The van der Waals surface area contributed by atoms with E-state index in [9.17, 15) is 19.2 Å². The van der Waals surface area contributed by atoms with Crippen LogP contribution in [0.5, 0.6) is 0 Å². The zero-order valence-electron chi connectivity index (χ0n) is 20.0. The van der Waals surface area contributed by atoms with Gasteiger partial charge in [0.15, 0.2) is 11.6 Å². The van der Waals surface area contributed by atoms with Crippen molar-refractivity contribution in [3.8, 4) is 11.8 Å². The molecule has 35 heavy (non-hydrogen) atoms. The van der Waals surface area contributed by atoms with Gasteiger partial charge >= 0.3 is 0 Å². The third-order valence-electron chi connectivity index (χ3n) is 5.90. The molecule has 0 fully saturated rings. The van der Waals surface area contributed by atoms with E-state index in [-0.39, 0.29) is 29.8 Å². The van der Waals surface area contributed by atoms with Crippen molar-refractivity contribution in [3.63, 3.8) is 0 Å². The van der Waals surface area contributed by atoms with Crippen LogP contribution in [-0.4, -0.2) is 35.6 Å². The number of para-hydroxylation sites is 2. The topological polar surface area (TPSA) is 94.3 Å². The van der Waals surface area contributed by atoms with Gasteiger partial charge in [0.25, 0.3) is 0 Å². The third kappa shape index (κ3) is 4.51. The van der Waals surface area contributed by atoms with Crippen LogP contribution in [0.2, 0.25) is 0 Å². The lowest BCUT2D eigenvalue weighted by molar-refractivity contribution is -0.120. The molecule has 2 aromatic carbocycles. The van der Waals surface area contributed by atoms with E-state index >= 15 is 0 Å². The molecule has 1 N–H and O–H groups in total. The van der Waals surface area contributed by atoms with Crippen LogP contribution in [-0.2, 0) is 9.59 Å². The van der Waals surface area contributed by atoms with Gasteiger partial charge in [-0.1, -0.05) is 12.1 Å². The lowest BCUT2D eigenvalue weighted by atomic mass is 10.1. The van der Waals surface area contributed by atoms with Crippen molar-refractivity contribution in [1.29, 1.82) is 5.26 Å². The summed E-state index contributed by atoms with van der Waals surface area (Å²) in [7, 11) is 3.58. The zero-order chi connectivity index (χ0) is 25.3. The van der Waals surface area contributed by atoms with Gasteiger partial charge < -0.3 is 15.1 Å². The molecule has 0 spiro atoms. The molecule has 0 bridgehead atoms. The zero-order valence-corrected chi connectivity index (χ0v) is 20.0. The molecular weight excluding hydrogens is 447 g/mol. The Hall–Kier alpha value is -4.45. The summed E-state index contributed by atoms with van der Waals surface area (Å²) in [6.45, 7) is 3.66. The second-order valence-corrected chi connectivity index (χ2v) is 8.39. The Morgan fingerprint density at radius 1 is 1.00 bits per heavy atom. The van der Waals surface area contributed by atoms with Crippen LogP contribution in [0.25, 0.3) is 5.69 Å². The fraction of sp³-hybridized carbons (Fsp3) is 0.231. The molecule has 0 unspecified atom stereocenters. The Morgan fingerprint density at radius 3 is 2.20 bits per heavy atom. The average Bonchev–Trinajstić information content (AvgIpc) is 3.29. The van der Waals surface area contributed by atoms with Gasteiger partial charge in [-0.25, -0.2) is 9.07 Å². The Balaban J connectivity index is 1.43. The van der Waals surface area contributed by atoms with Crippen molar-refractivity contribution in [3.05, 3.63) is 77.1 Å². The number of nitriles is 1. The number of amides is 1. The van der Waals surface area contributed by atoms with E-state index in [1.165, 1.54) is 16.8 Å². The fourth-order valence-corrected chi connectivity index (χ4v) is 4.26. The molecule has 3 aromatic rings. The summed E-state index contributed by atoms with van der Waals surface area (Å²) in [4.78, 5) is 28.9. The van der Waals surface area contributed by atoms with Crippen molar-refractivity contribution in [2.45, 2.75) is 26.7 Å². The third-order valence-corrected chi connectivity index (χ3v) is 5.90. The minimum Gasteiger partial charge on any atom is -0.328 e. The smallest absolute Gasteiger partial charge is 0.224 e. The number of nitrogens with zero attached hydrogens (tertiary/aromatic N) is 5. The van der Waals surface area contributed by atoms with Crippen molar-refractivity contribution >= 4 is 28.8 Å². The van der Waals surface area contributed by atoms with Gasteiger partial charge in [0.1, 0.15) is 23.2 Å². The van der Waals surface area contributed by atoms with Crippen LogP contribution in [0.4, 0.5) is 21.5 Å². The standard InChI is InChI=1S/C26H25FN6O2/c1-16-13-17(2)33(30-16)21-10-9-18(14-20(21)27)29-25(35)12-11-24(34)19(15-28)26-31(3)22-7-5-6-8-23(22)32(26)4/h5-10,13-14H,11-12H2,1-4H3,(H,29,35). The molecular formula is C26H25FN6O2. The van der Waals surface area contributed by atoms with E-state index in [0.717, 1.165) is 22.8 Å². The lowest BCUT2D eigenvalue weighted by Crippen LogP contribution is -2.26. The summed E-state index contributed by atoms with van der Waals surface area (Å²) in [5.74, 6) is -0.945. The first-order chi connectivity index (χ1) is 16.7. The van der Waals surface area contributed by atoms with Gasteiger partial charge in [-0.2, -0.15) is 10.4 Å². The van der Waals surface area contributed by atoms with Crippen LogP contribution in [0, 0.1) is 31.0 Å². The van der Waals surface area contributed by atoms with Crippen LogP contribution < -0.4 is 15.1 Å². The number of ketones is 1. The average molecular weight is 473 g/mol. The number of hydrogen-bond donors (Lipinski definition) is 1. The molecule has 9 heteroatoms. The lowest BCUT2D eigenvalue weighted by Gasteiger charge is -2.19. The van der Waals surface area contributed by atoms with E-state index in [1.54, 1.807) is 30.0 Å². The number of fused-ring (bicyclic) bond motifs is 1. The Labute approximate surface area is 202 Å². The second-order valence-electron chi connectivity index (χ2n) is 8.39. The number of allylic oxidation sites excluding steroid dienone is 1. The van der Waals surface area contributed by atoms with E-state index in [2.05, 4.69) is 10.4 Å². The van der Waals surface area contributed by atoms with E-state index in [0.29, 0.717) is 5.82 Å². The maximum Gasteiger partial charge on any atom is 0.224 e. The fourth-order valence-electron chi connectivity index (χ4n) is 4.26. The molecule has 8 nitrogen and oxygen atoms in total. The molecule has 0 atom stereocenters. The number of aromatic nitrogens is 2. The number of aryl methyl sites for hydroxylation is 2. The van der Waals surface area contributed by atoms with Crippen LogP contribution in [0.1, 0.15) is 24.2 Å². The molecule has 2 heterocycles. The second kappa shape index (κ2) is 9.43. The summed E-state index contributed by atoms with van der Waals surface area (Å²) in [5, 5.41) is 16.6. The van der Waals surface area contributed by atoms with Gasteiger partial charge in [-0.3, -0.25) is 9.59 Å². The van der Waals surface area contributed by atoms with Gasteiger partial charge in [-0.05, 0) is 50.2 Å². The molecule has 4 rings (SSSR count). The van der Waals surface area contributed by atoms with Gasteiger partial charge in [0.05, 0.1) is 17.1 Å². The van der Waals surface area contributed by atoms with Crippen molar-refractivity contribution in [2.24, 2.45) is 0 Å². The number of benzene rings is 2. The van der Waals surface area contributed by atoms with Gasteiger partial charge in [0.2, 0.25) is 5.91 Å². The number of nitrogens with one attached hydrogen (secondary N) is 1. The molecule has 0 saturated heterocycles. The number of hydrogen-bond acceptors (Lipinski definition) is 6. The first kappa shape index (κ1) is 23.7. The number of carbonyl (C=O) groups is 2. The van der Waals surface area contributed by atoms with Crippen molar-refractivity contribution < 1.29 is 14.0 Å². The van der Waals surface area contributed by atoms with Crippen LogP contribution in [0.15, 0.2) is 59.9 Å². The quantitative estimate of drug-likeness (QED) is 0.426. The normalized spacial score (nSPS) is 12.4. The summed E-state index contributed by atoms with van der Waals surface area (Å²) in [6.07, 6.45) is -0.291. The largest absolute Gasteiger partial charge is 0.328 e. The maximum absolute atomic E-state index is 14.7. The summed E-state index contributed by atoms with van der Waals surface area (Å²) in [6, 6.07) is 15.8. The molecule has 1 aromatic heterocycles. The highest BCUT2D eigenvalue weighted by Gasteiger charge is 2.31. The Morgan fingerprint density at radius 2 is 1.66 bits per heavy atom. The highest BCUT2D eigenvalue weighted by Crippen LogP contribution is 2.40. The Bertz CT molecular complexity index is 1370. The number of rotatable bonds is 6. The molecule has 1 aliphatic heterocycles. The van der Waals surface area contributed by atoms with E-state index in [1.807, 2.05) is 50.2 Å².